The Morgan fingerprint density at radius 3 is 2.75 bits per heavy atom. The smallest absolute Gasteiger partial charge is 0.146 e. The van der Waals surface area contributed by atoms with Crippen molar-refractivity contribution in [2.45, 2.75) is 19.5 Å². The van der Waals surface area contributed by atoms with E-state index in [2.05, 4.69) is 5.32 Å². The number of benzene rings is 2. The van der Waals surface area contributed by atoms with E-state index in [9.17, 15) is 4.39 Å². The summed E-state index contributed by atoms with van der Waals surface area (Å²) in [6, 6.07) is 12.9. The molecule has 0 aliphatic carbocycles. The molecule has 0 spiro atoms. The number of nitrogens with one attached hydrogen (secondary N) is 1. The Labute approximate surface area is 123 Å². The monoisotopic (exact) mass is 293 g/mol. The molecule has 2 nitrogen and oxygen atoms in total. The predicted octanol–water partition coefficient (Wildman–Crippen LogP) is 4.34. The number of rotatable bonds is 5. The van der Waals surface area contributed by atoms with E-state index < -0.39 is 0 Å². The van der Waals surface area contributed by atoms with Gasteiger partial charge in [0, 0.05) is 18.2 Å². The number of hydrogen-bond donors (Lipinski definition) is 1. The zero-order valence-corrected chi connectivity index (χ0v) is 12.2. The van der Waals surface area contributed by atoms with E-state index in [0.717, 1.165) is 11.3 Å². The van der Waals surface area contributed by atoms with E-state index in [1.54, 1.807) is 25.3 Å². The molecular weight excluding hydrogens is 277 g/mol. The Balaban J connectivity index is 2.04. The molecule has 0 aliphatic rings. The third kappa shape index (κ3) is 3.50. The topological polar surface area (TPSA) is 21.3 Å². The lowest BCUT2D eigenvalue weighted by atomic mass is 10.1. The van der Waals surface area contributed by atoms with E-state index in [-0.39, 0.29) is 16.9 Å². The number of hydrogen-bond acceptors (Lipinski definition) is 2. The molecule has 0 saturated heterocycles. The van der Waals surface area contributed by atoms with Gasteiger partial charge in [-0.3, -0.25) is 0 Å². The molecule has 1 atom stereocenters. The molecule has 0 fully saturated rings. The summed E-state index contributed by atoms with van der Waals surface area (Å²) in [4.78, 5) is 0. The van der Waals surface area contributed by atoms with Gasteiger partial charge < -0.3 is 10.1 Å². The molecule has 20 heavy (non-hydrogen) atoms. The standard InChI is InChI=1S/C16H17ClFNO/c1-11(12-5-3-7-14(9-12)20-2)19-10-13-6-4-8-15(17)16(13)18/h3-9,11,19H,10H2,1-2H3. The lowest BCUT2D eigenvalue weighted by Gasteiger charge is -2.15. The zero-order valence-electron chi connectivity index (χ0n) is 11.5. The molecule has 2 aromatic carbocycles. The van der Waals surface area contributed by atoms with Crippen LogP contribution < -0.4 is 10.1 Å². The van der Waals surface area contributed by atoms with Crippen LogP contribution in [-0.2, 0) is 6.54 Å². The first-order chi connectivity index (χ1) is 9.61. The quantitative estimate of drug-likeness (QED) is 0.885. The van der Waals surface area contributed by atoms with E-state index in [1.807, 2.05) is 31.2 Å². The first kappa shape index (κ1) is 14.8. The molecule has 0 bridgehead atoms. The van der Waals surface area contributed by atoms with Crippen LogP contribution in [0.5, 0.6) is 5.75 Å². The predicted molar refractivity (Wildman–Crippen MR) is 79.7 cm³/mol. The van der Waals surface area contributed by atoms with Gasteiger partial charge in [0.1, 0.15) is 11.6 Å². The molecule has 0 heterocycles. The van der Waals surface area contributed by atoms with Gasteiger partial charge in [0.05, 0.1) is 12.1 Å². The highest BCUT2D eigenvalue weighted by Gasteiger charge is 2.09. The maximum Gasteiger partial charge on any atom is 0.146 e. The minimum atomic E-state index is -0.362. The van der Waals surface area contributed by atoms with Gasteiger partial charge in [-0.05, 0) is 30.7 Å². The zero-order chi connectivity index (χ0) is 14.5. The molecule has 0 saturated carbocycles. The fraction of sp³-hybridized carbons (Fsp3) is 0.250. The van der Waals surface area contributed by atoms with Crippen LogP contribution in [0.4, 0.5) is 4.39 Å². The number of ether oxygens (including phenoxy) is 1. The van der Waals surface area contributed by atoms with Crippen molar-refractivity contribution in [2.75, 3.05) is 7.11 Å². The fourth-order valence-corrected chi connectivity index (χ4v) is 2.17. The molecule has 1 N–H and O–H groups in total. The summed E-state index contributed by atoms with van der Waals surface area (Å²) in [7, 11) is 1.64. The Hall–Kier alpha value is -1.58. The average molecular weight is 294 g/mol. The summed E-state index contributed by atoms with van der Waals surface area (Å²) >= 11 is 5.77. The second kappa shape index (κ2) is 6.73. The summed E-state index contributed by atoms with van der Waals surface area (Å²) in [5, 5.41) is 3.43. The number of methoxy groups -OCH3 is 1. The summed E-state index contributed by atoms with van der Waals surface area (Å²) < 4.78 is 19.0. The average Bonchev–Trinajstić information content (AvgIpc) is 2.48. The first-order valence-corrected chi connectivity index (χ1v) is 6.80. The SMILES string of the molecule is COc1cccc(C(C)NCc2cccc(Cl)c2F)c1. The fourth-order valence-electron chi connectivity index (χ4n) is 1.98. The van der Waals surface area contributed by atoms with Crippen LogP contribution in [-0.4, -0.2) is 7.11 Å². The maximum atomic E-state index is 13.8. The Morgan fingerprint density at radius 1 is 1.25 bits per heavy atom. The van der Waals surface area contributed by atoms with Crippen molar-refractivity contribution in [3.05, 3.63) is 64.4 Å². The summed E-state index contributed by atoms with van der Waals surface area (Å²) in [5.74, 6) is 0.449. The summed E-state index contributed by atoms with van der Waals surface area (Å²) in [6.07, 6.45) is 0. The lowest BCUT2D eigenvalue weighted by molar-refractivity contribution is 0.413. The minimum Gasteiger partial charge on any atom is -0.497 e. The normalized spacial score (nSPS) is 12.2. The van der Waals surface area contributed by atoms with Crippen molar-refractivity contribution in [1.82, 2.24) is 5.32 Å². The van der Waals surface area contributed by atoms with Crippen LogP contribution >= 0.6 is 11.6 Å². The Kier molecular flexibility index (Phi) is 4.99. The van der Waals surface area contributed by atoms with E-state index in [4.69, 9.17) is 16.3 Å². The van der Waals surface area contributed by atoms with Crippen molar-refractivity contribution >= 4 is 11.6 Å². The van der Waals surface area contributed by atoms with Crippen LogP contribution in [0.2, 0.25) is 5.02 Å². The minimum absolute atomic E-state index is 0.0866. The second-order valence-corrected chi connectivity index (χ2v) is 5.00. The van der Waals surface area contributed by atoms with Crippen LogP contribution in [0.3, 0.4) is 0 Å². The maximum absolute atomic E-state index is 13.8. The van der Waals surface area contributed by atoms with Crippen molar-refractivity contribution < 1.29 is 9.13 Å². The van der Waals surface area contributed by atoms with Gasteiger partial charge in [-0.15, -0.1) is 0 Å². The largest absolute Gasteiger partial charge is 0.497 e. The highest BCUT2D eigenvalue weighted by Crippen LogP contribution is 2.21. The lowest BCUT2D eigenvalue weighted by Crippen LogP contribution is -2.18. The van der Waals surface area contributed by atoms with Gasteiger partial charge in [-0.25, -0.2) is 4.39 Å². The van der Waals surface area contributed by atoms with Gasteiger partial charge in [-0.2, -0.15) is 0 Å². The Bertz CT molecular complexity index is 588. The van der Waals surface area contributed by atoms with Crippen LogP contribution in [0.15, 0.2) is 42.5 Å². The molecule has 0 amide bonds. The van der Waals surface area contributed by atoms with Crippen LogP contribution in [0.25, 0.3) is 0 Å². The molecule has 2 aromatic rings. The first-order valence-electron chi connectivity index (χ1n) is 6.42. The van der Waals surface area contributed by atoms with Crippen molar-refractivity contribution in [3.63, 3.8) is 0 Å². The van der Waals surface area contributed by atoms with Gasteiger partial charge in [0.15, 0.2) is 0 Å². The van der Waals surface area contributed by atoms with Crippen molar-refractivity contribution in [3.8, 4) is 5.75 Å². The molecule has 1 unspecified atom stereocenters. The summed E-state index contributed by atoms with van der Waals surface area (Å²) in [5.41, 5.74) is 1.65. The van der Waals surface area contributed by atoms with Gasteiger partial charge >= 0.3 is 0 Å². The van der Waals surface area contributed by atoms with Crippen LogP contribution in [0, 0.1) is 5.82 Å². The molecule has 106 valence electrons. The van der Waals surface area contributed by atoms with Gasteiger partial charge in [0.2, 0.25) is 0 Å². The highest BCUT2D eigenvalue weighted by molar-refractivity contribution is 6.30. The molecule has 2 rings (SSSR count). The molecule has 0 aliphatic heterocycles. The molecule has 4 heteroatoms. The third-order valence-electron chi connectivity index (χ3n) is 3.22. The van der Waals surface area contributed by atoms with E-state index in [1.165, 1.54) is 0 Å². The number of halogens is 2. The van der Waals surface area contributed by atoms with Crippen molar-refractivity contribution in [1.29, 1.82) is 0 Å². The Morgan fingerprint density at radius 2 is 2.00 bits per heavy atom. The van der Waals surface area contributed by atoms with Gasteiger partial charge in [0.25, 0.3) is 0 Å². The van der Waals surface area contributed by atoms with E-state index >= 15 is 0 Å². The molecular formula is C16H17ClFNO. The molecule has 0 radical (unpaired) electrons. The van der Waals surface area contributed by atoms with Gasteiger partial charge in [-0.1, -0.05) is 35.9 Å². The summed E-state index contributed by atoms with van der Waals surface area (Å²) in [6.45, 7) is 2.45. The van der Waals surface area contributed by atoms with Crippen LogP contribution in [0.1, 0.15) is 24.1 Å². The third-order valence-corrected chi connectivity index (χ3v) is 3.52. The highest BCUT2D eigenvalue weighted by atomic mass is 35.5. The van der Waals surface area contributed by atoms with Crippen molar-refractivity contribution in [2.24, 2.45) is 0 Å². The van der Waals surface area contributed by atoms with E-state index in [0.29, 0.717) is 12.1 Å². The second-order valence-electron chi connectivity index (χ2n) is 4.59. The molecule has 0 aromatic heterocycles.